The lowest BCUT2D eigenvalue weighted by molar-refractivity contribution is 0.589. The van der Waals surface area contributed by atoms with Gasteiger partial charge in [-0.1, -0.05) is 160 Å². The molecule has 1 N–H and O–H groups in total. The van der Waals surface area contributed by atoms with Crippen molar-refractivity contribution in [3.8, 4) is 78.3 Å². The molecule has 3 heterocycles. The van der Waals surface area contributed by atoms with Crippen LogP contribution in [0, 0.1) is 0 Å². The highest BCUT2D eigenvalue weighted by molar-refractivity contribution is 6.17. The summed E-state index contributed by atoms with van der Waals surface area (Å²) in [5.74, 6) is 0. The van der Waals surface area contributed by atoms with E-state index in [0.29, 0.717) is 0 Å². The summed E-state index contributed by atoms with van der Waals surface area (Å²) >= 11 is 0. The molecular formula is C56H43N3. The maximum atomic E-state index is 5.54. The molecule has 0 saturated heterocycles. The Morgan fingerprint density at radius 3 is 1.32 bits per heavy atom. The molecule has 0 saturated carbocycles. The molecule has 10 aromatic rings. The maximum Gasteiger partial charge on any atom is 0.0737 e. The third kappa shape index (κ3) is 7.02. The molecule has 3 aromatic heterocycles. The van der Waals surface area contributed by atoms with Crippen molar-refractivity contribution in [3.05, 3.63) is 206 Å². The molecule has 0 aliphatic heterocycles. The van der Waals surface area contributed by atoms with Crippen LogP contribution in [0.4, 0.5) is 0 Å². The molecule has 0 aliphatic carbocycles. The third-order valence-electron chi connectivity index (χ3n) is 11.4. The third-order valence-corrected chi connectivity index (χ3v) is 11.4. The predicted molar refractivity (Wildman–Crippen MR) is 248 cm³/mol. The number of rotatable bonds is 7. The topological polar surface area (TPSA) is 41.6 Å². The zero-order valence-corrected chi connectivity index (χ0v) is 33.4. The SMILES string of the molecule is CC(C)(C)c1ccnc(-c2cc(-c3ccccc3)cc3c2[nH]c2c(-c4cc(-c5ccccc5)cc(-c5cccc(-c6ccccc6)c5)n4)cc(-c4ccccc4)cc23)c1. The molecule has 3 nitrogen and oxygen atoms in total. The second-order valence-electron chi connectivity index (χ2n) is 16.4. The van der Waals surface area contributed by atoms with Crippen LogP contribution in [0.1, 0.15) is 26.3 Å². The molecule has 282 valence electrons. The van der Waals surface area contributed by atoms with E-state index in [2.05, 4.69) is 220 Å². The summed E-state index contributed by atoms with van der Waals surface area (Å²) in [6, 6.07) is 69.4. The molecular weight excluding hydrogens is 715 g/mol. The van der Waals surface area contributed by atoms with Crippen LogP contribution in [0.15, 0.2) is 200 Å². The Morgan fingerprint density at radius 2 is 0.797 bits per heavy atom. The molecule has 59 heavy (non-hydrogen) atoms. The average molecular weight is 758 g/mol. The number of benzene rings is 7. The van der Waals surface area contributed by atoms with E-state index in [-0.39, 0.29) is 5.41 Å². The van der Waals surface area contributed by atoms with E-state index in [1.54, 1.807) is 0 Å². The summed E-state index contributed by atoms with van der Waals surface area (Å²) in [4.78, 5) is 14.5. The molecule has 7 aromatic carbocycles. The minimum atomic E-state index is -0.0280. The molecule has 0 radical (unpaired) electrons. The fourth-order valence-electron chi connectivity index (χ4n) is 8.25. The van der Waals surface area contributed by atoms with E-state index in [1.807, 2.05) is 6.20 Å². The molecule has 0 aliphatic rings. The van der Waals surface area contributed by atoms with Gasteiger partial charge in [0.15, 0.2) is 0 Å². The van der Waals surface area contributed by atoms with E-state index in [4.69, 9.17) is 9.97 Å². The van der Waals surface area contributed by atoms with E-state index in [1.165, 1.54) is 11.1 Å². The molecule has 0 bridgehead atoms. The van der Waals surface area contributed by atoms with Crippen LogP contribution in [-0.4, -0.2) is 15.0 Å². The molecule has 0 fully saturated rings. The van der Waals surface area contributed by atoms with Crippen LogP contribution in [0.2, 0.25) is 0 Å². The van der Waals surface area contributed by atoms with E-state index in [0.717, 1.165) is 94.5 Å². The minimum Gasteiger partial charge on any atom is -0.353 e. The van der Waals surface area contributed by atoms with Gasteiger partial charge in [0.25, 0.3) is 0 Å². The standard InChI is InChI=1S/C56H43N3/c1-56(2,3)46-27-28-57-52(36-46)49-32-43(38-19-10-5-11-20-38)30-47-48-31-44(39-21-12-6-13-22-39)33-50(55(48)59-54(47)49)53-35-45(40-23-14-7-15-24-40)34-51(58-53)42-26-16-25-41(29-42)37-17-8-4-9-18-37/h4-36,59H,1-3H3. The minimum absolute atomic E-state index is 0.0280. The first-order chi connectivity index (χ1) is 28.9. The number of hydrogen-bond donors (Lipinski definition) is 1. The second-order valence-corrected chi connectivity index (χ2v) is 16.4. The maximum absolute atomic E-state index is 5.54. The number of H-pyrrole nitrogens is 1. The number of fused-ring (bicyclic) bond motifs is 3. The Kier molecular flexibility index (Phi) is 9.07. The molecule has 0 amide bonds. The van der Waals surface area contributed by atoms with Crippen LogP contribution in [-0.2, 0) is 5.41 Å². The van der Waals surface area contributed by atoms with Gasteiger partial charge in [-0.3, -0.25) is 4.98 Å². The number of pyridine rings is 2. The fourth-order valence-corrected chi connectivity index (χ4v) is 8.25. The van der Waals surface area contributed by atoms with Crippen molar-refractivity contribution in [3.63, 3.8) is 0 Å². The fraction of sp³-hybridized carbons (Fsp3) is 0.0714. The van der Waals surface area contributed by atoms with Crippen molar-refractivity contribution in [2.24, 2.45) is 0 Å². The summed E-state index contributed by atoms with van der Waals surface area (Å²) in [5.41, 5.74) is 18.4. The lowest BCUT2D eigenvalue weighted by Crippen LogP contribution is -2.11. The van der Waals surface area contributed by atoms with E-state index >= 15 is 0 Å². The van der Waals surface area contributed by atoms with Crippen molar-refractivity contribution >= 4 is 21.8 Å². The van der Waals surface area contributed by atoms with Gasteiger partial charge in [-0.15, -0.1) is 0 Å². The Hall–Kier alpha value is -7.36. The van der Waals surface area contributed by atoms with Gasteiger partial charge in [-0.2, -0.15) is 0 Å². The number of aromatic amines is 1. The molecule has 0 unspecified atom stereocenters. The van der Waals surface area contributed by atoms with Crippen molar-refractivity contribution in [2.75, 3.05) is 0 Å². The largest absolute Gasteiger partial charge is 0.353 e. The smallest absolute Gasteiger partial charge is 0.0737 e. The Balaban J connectivity index is 1.27. The lowest BCUT2D eigenvalue weighted by Gasteiger charge is -2.19. The normalized spacial score (nSPS) is 11.6. The predicted octanol–water partition coefficient (Wildman–Crippen LogP) is 15.1. The van der Waals surface area contributed by atoms with Crippen LogP contribution in [0.5, 0.6) is 0 Å². The van der Waals surface area contributed by atoms with Crippen LogP contribution >= 0.6 is 0 Å². The number of nitrogens with zero attached hydrogens (tertiary/aromatic N) is 2. The number of hydrogen-bond acceptors (Lipinski definition) is 2. The first kappa shape index (κ1) is 36.0. The molecule has 0 atom stereocenters. The Labute approximate surface area is 345 Å². The van der Waals surface area contributed by atoms with Crippen molar-refractivity contribution < 1.29 is 0 Å². The highest BCUT2D eigenvalue weighted by Crippen LogP contribution is 2.43. The van der Waals surface area contributed by atoms with Crippen molar-refractivity contribution in [2.45, 2.75) is 26.2 Å². The van der Waals surface area contributed by atoms with Gasteiger partial charge in [0.1, 0.15) is 0 Å². The van der Waals surface area contributed by atoms with Crippen LogP contribution < -0.4 is 0 Å². The van der Waals surface area contributed by atoms with E-state index < -0.39 is 0 Å². The van der Waals surface area contributed by atoms with Crippen LogP contribution in [0.25, 0.3) is 100 Å². The summed E-state index contributed by atoms with van der Waals surface area (Å²) in [6.45, 7) is 6.77. The number of nitrogens with one attached hydrogen (secondary N) is 1. The summed E-state index contributed by atoms with van der Waals surface area (Å²) in [6.07, 6.45) is 1.95. The zero-order valence-electron chi connectivity index (χ0n) is 33.4. The highest BCUT2D eigenvalue weighted by atomic mass is 14.8. The molecule has 10 rings (SSSR count). The summed E-state index contributed by atoms with van der Waals surface area (Å²) in [5, 5.41) is 2.29. The van der Waals surface area contributed by atoms with Gasteiger partial charge in [0, 0.05) is 33.7 Å². The van der Waals surface area contributed by atoms with Crippen LogP contribution in [0.3, 0.4) is 0 Å². The zero-order chi connectivity index (χ0) is 39.9. The van der Waals surface area contributed by atoms with Gasteiger partial charge in [0.2, 0.25) is 0 Å². The quantitative estimate of drug-likeness (QED) is 0.176. The Morgan fingerprint density at radius 1 is 0.356 bits per heavy atom. The summed E-state index contributed by atoms with van der Waals surface area (Å²) < 4.78 is 0. The summed E-state index contributed by atoms with van der Waals surface area (Å²) in [7, 11) is 0. The average Bonchev–Trinajstić information content (AvgIpc) is 3.68. The van der Waals surface area contributed by atoms with Gasteiger partial charge in [0.05, 0.1) is 28.1 Å². The first-order valence-corrected chi connectivity index (χ1v) is 20.3. The molecule has 0 spiro atoms. The first-order valence-electron chi connectivity index (χ1n) is 20.3. The number of aromatic nitrogens is 3. The van der Waals surface area contributed by atoms with Gasteiger partial charge in [-0.25, -0.2) is 4.98 Å². The van der Waals surface area contributed by atoms with Gasteiger partial charge >= 0.3 is 0 Å². The highest BCUT2D eigenvalue weighted by Gasteiger charge is 2.21. The lowest BCUT2D eigenvalue weighted by atomic mass is 9.86. The Bertz CT molecular complexity index is 3100. The second kappa shape index (κ2) is 14.9. The van der Waals surface area contributed by atoms with E-state index in [9.17, 15) is 0 Å². The molecule has 3 heteroatoms. The van der Waals surface area contributed by atoms with Gasteiger partial charge in [-0.05, 0) is 110 Å². The van der Waals surface area contributed by atoms with Gasteiger partial charge < -0.3 is 4.98 Å². The van der Waals surface area contributed by atoms with Crippen molar-refractivity contribution in [1.82, 2.24) is 15.0 Å². The van der Waals surface area contributed by atoms with Crippen molar-refractivity contribution in [1.29, 1.82) is 0 Å². The monoisotopic (exact) mass is 757 g/mol.